The van der Waals surface area contributed by atoms with E-state index in [0.29, 0.717) is 55.1 Å². The first kappa shape index (κ1) is 23.6. The van der Waals surface area contributed by atoms with E-state index in [1.807, 2.05) is 18.2 Å². The molecular weight excluding hydrogens is 444 g/mol. The van der Waals surface area contributed by atoms with Crippen LogP contribution in [0.2, 0.25) is 0 Å². The van der Waals surface area contributed by atoms with Crippen molar-refractivity contribution >= 4 is 34.7 Å². The van der Waals surface area contributed by atoms with E-state index in [1.165, 1.54) is 11.8 Å². The Bertz CT molecular complexity index is 1040. The van der Waals surface area contributed by atoms with E-state index < -0.39 is 0 Å². The first-order chi connectivity index (χ1) is 16.1. The number of piperidine rings is 1. The molecule has 2 aliphatic rings. The number of carbonyl (C=O) groups excluding carboxylic acids is 2. The largest absolute Gasteiger partial charge is 0.450 e. The molecule has 0 saturated carbocycles. The standard InChI is InChI=1S/C23H30N4O5S/c1-2-31-23(30)26-11-9-16(10-12-26)27-21(29)18-7-3-4-8-19(18)25-22(27)33-15-20(28)24-14-17-6-5-13-32-17/h3-4,7-8,16-17H,2,5-6,9-15H2,1H3,(H,24,28)/t17-/m1/s1. The number of para-hydroxylation sites is 1. The molecule has 33 heavy (non-hydrogen) atoms. The van der Waals surface area contributed by atoms with Gasteiger partial charge in [0.05, 0.1) is 29.4 Å². The summed E-state index contributed by atoms with van der Waals surface area (Å²) < 4.78 is 12.4. The molecule has 9 nitrogen and oxygen atoms in total. The molecule has 4 rings (SSSR count). The van der Waals surface area contributed by atoms with Crippen LogP contribution in [0.25, 0.3) is 10.9 Å². The van der Waals surface area contributed by atoms with Gasteiger partial charge in [-0.2, -0.15) is 0 Å². The van der Waals surface area contributed by atoms with E-state index in [2.05, 4.69) is 5.32 Å². The van der Waals surface area contributed by atoms with Crippen LogP contribution in [-0.4, -0.2) is 71.2 Å². The van der Waals surface area contributed by atoms with Gasteiger partial charge in [-0.3, -0.25) is 14.2 Å². The maximum Gasteiger partial charge on any atom is 0.409 e. The lowest BCUT2D eigenvalue weighted by atomic mass is 10.0. The smallest absolute Gasteiger partial charge is 0.409 e. The summed E-state index contributed by atoms with van der Waals surface area (Å²) in [5.41, 5.74) is 0.502. The van der Waals surface area contributed by atoms with Gasteiger partial charge in [0.15, 0.2) is 5.16 Å². The van der Waals surface area contributed by atoms with Gasteiger partial charge in [-0.15, -0.1) is 0 Å². The van der Waals surface area contributed by atoms with Crippen LogP contribution >= 0.6 is 11.8 Å². The van der Waals surface area contributed by atoms with E-state index in [9.17, 15) is 14.4 Å². The third-order valence-corrected chi connectivity index (χ3v) is 6.97. The van der Waals surface area contributed by atoms with Crippen LogP contribution < -0.4 is 10.9 Å². The molecule has 10 heteroatoms. The lowest BCUT2D eigenvalue weighted by Crippen LogP contribution is -2.41. The summed E-state index contributed by atoms with van der Waals surface area (Å²) in [5.74, 6) is 0.0562. The number of nitrogens with zero attached hydrogens (tertiary/aromatic N) is 3. The topological polar surface area (TPSA) is 103 Å². The molecule has 2 aromatic rings. The summed E-state index contributed by atoms with van der Waals surface area (Å²) in [6, 6.07) is 7.16. The quantitative estimate of drug-likeness (QED) is 0.486. The Morgan fingerprint density at radius 3 is 2.76 bits per heavy atom. The number of carbonyl (C=O) groups is 2. The minimum Gasteiger partial charge on any atom is -0.450 e. The van der Waals surface area contributed by atoms with Gasteiger partial charge in [0.2, 0.25) is 5.91 Å². The second-order valence-corrected chi connectivity index (χ2v) is 9.17. The number of hydrogen-bond acceptors (Lipinski definition) is 7. The molecule has 2 fully saturated rings. The van der Waals surface area contributed by atoms with Gasteiger partial charge in [-0.05, 0) is 44.7 Å². The summed E-state index contributed by atoms with van der Waals surface area (Å²) in [5, 5.41) is 4.00. The van der Waals surface area contributed by atoms with Crippen LogP contribution in [0.1, 0.15) is 38.6 Å². The van der Waals surface area contributed by atoms with Crippen molar-refractivity contribution in [3.8, 4) is 0 Å². The van der Waals surface area contributed by atoms with Crippen molar-refractivity contribution in [1.29, 1.82) is 0 Å². The zero-order chi connectivity index (χ0) is 23.2. The highest BCUT2D eigenvalue weighted by atomic mass is 32.2. The van der Waals surface area contributed by atoms with Gasteiger partial charge in [0, 0.05) is 32.3 Å². The minimum atomic E-state index is -0.322. The summed E-state index contributed by atoms with van der Waals surface area (Å²) in [7, 11) is 0. The molecule has 1 aromatic heterocycles. The molecule has 1 N–H and O–H groups in total. The Balaban J connectivity index is 1.49. The molecule has 0 spiro atoms. The Morgan fingerprint density at radius 1 is 1.24 bits per heavy atom. The predicted octanol–water partition coefficient (Wildman–Crippen LogP) is 2.58. The van der Waals surface area contributed by atoms with Crippen LogP contribution in [0.4, 0.5) is 4.79 Å². The normalized spacial score (nSPS) is 19.1. The fourth-order valence-corrected chi connectivity index (χ4v) is 5.18. The molecule has 178 valence electrons. The van der Waals surface area contributed by atoms with Crippen molar-refractivity contribution in [2.75, 3.05) is 38.6 Å². The maximum atomic E-state index is 13.4. The van der Waals surface area contributed by atoms with Crippen molar-refractivity contribution in [2.24, 2.45) is 0 Å². The molecule has 1 aromatic carbocycles. The molecule has 2 amide bonds. The second-order valence-electron chi connectivity index (χ2n) is 8.23. The number of amides is 2. The zero-order valence-electron chi connectivity index (χ0n) is 18.8. The predicted molar refractivity (Wildman–Crippen MR) is 126 cm³/mol. The number of rotatable bonds is 7. The van der Waals surface area contributed by atoms with Crippen LogP contribution in [0.15, 0.2) is 34.2 Å². The van der Waals surface area contributed by atoms with E-state index in [0.717, 1.165) is 19.4 Å². The van der Waals surface area contributed by atoms with E-state index in [1.54, 1.807) is 22.5 Å². The second kappa shape index (κ2) is 11.0. The third kappa shape index (κ3) is 5.67. The molecule has 1 atom stereocenters. The fraction of sp³-hybridized carbons (Fsp3) is 0.565. The van der Waals surface area contributed by atoms with E-state index in [4.69, 9.17) is 14.5 Å². The van der Waals surface area contributed by atoms with Gasteiger partial charge in [-0.25, -0.2) is 9.78 Å². The zero-order valence-corrected chi connectivity index (χ0v) is 19.6. The molecule has 0 aliphatic carbocycles. The Kier molecular flexibility index (Phi) is 7.87. The lowest BCUT2D eigenvalue weighted by molar-refractivity contribution is -0.119. The number of likely N-dealkylation sites (tertiary alicyclic amines) is 1. The fourth-order valence-electron chi connectivity index (χ4n) is 4.28. The SMILES string of the molecule is CCOC(=O)N1CCC(n2c(SCC(=O)NC[C@H]3CCCO3)nc3ccccc3c2=O)CC1. The molecule has 0 bridgehead atoms. The first-order valence-electron chi connectivity index (χ1n) is 11.5. The number of fused-ring (bicyclic) bond motifs is 1. The van der Waals surface area contributed by atoms with E-state index >= 15 is 0 Å². The summed E-state index contributed by atoms with van der Waals surface area (Å²) in [6.45, 7) is 4.39. The molecule has 2 aliphatic heterocycles. The van der Waals surface area contributed by atoms with Crippen molar-refractivity contribution in [3.05, 3.63) is 34.6 Å². The van der Waals surface area contributed by atoms with Crippen LogP contribution in [-0.2, 0) is 14.3 Å². The minimum absolute atomic E-state index is 0.0838. The van der Waals surface area contributed by atoms with Crippen molar-refractivity contribution in [1.82, 2.24) is 19.8 Å². The average Bonchev–Trinajstić information content (AvgIpc) is 3.36. The summed E-state index contributed by atoms with van der Waals surface area (Å²) >= 11 is 1.27. The Labute approximate surface area is 196 Å². The van der Waals surface area contributed by atoms with Crippen LogP contribution in [0.5, 0.6) is 0 Å². The van der Waals surface area contributed by atoms with Crippen LogP contribution in [0.3, 0.4) is 0 Å². The van der Waals surface area contributed by atoms with Gasteiger partial charge in [0.1, 0.15) is 0 Å². The lowest BCUT2D eigenvalue weighted by Gasteiger charge is -2.33. The maximum absolute atomic E-state index is 13.4. The molecule has 3 heterocycles. The van der Waals surface area contributed by atoms with Crippen LogP contribution in [0, 0.1) is 0 Å². The van der Waals surface area contributed by atoms with Crippen molar-refractivity contribution in [2.45, 2.75) is 49.9 Å². The van der Waals surface area contributed by atoms with Gasteiger partial charge >= 0.3 is 6.09 Å². The molecule has 0 unspecified atom stereocenters. The Morgan fingerprint density at radius 2 is 2.03 bits per heavy atom. The average molecular weight is 475 g/mol. The van der Waals surface area contributed by atoms with Gasteiger partial charge in [-0.1, -0.05) is 23.9 Å². The Hall–Kier alpha value is -2.59. The monoisotopic (exact) mass is 474 g/mol. The summed E-state index contributed by atoms with van der Waals surface area (Å²) in [6.07, 6.45) is 2.99. The van der Waals surface area contributed by atoms with Gasteiger partial charge in [0.25, 0.3) is 5.56 Å². The van der Waals surface area contributed by atoms with Gasteiger partial charge < -0.3 is 19.7 Å². The van der Waals surface area contributed by atoms with E-state index in [-0.39, 0.29) is 35.5 Å². The third-order valence-electron chi connectivity index (χ3n) is 6.01. The highest BCUT2D eigenvalue weighted by Gasteiger charge is 2.28. The molecular formula is C23H30N4O5S. The van der Waals surface area contributed by atoms with Crippen molar-refractivity contribution in [3.63, 3.8) is 0 Å². The number of thioether (sulfide) groups is 1. The molecule has 0 radical (unpaired) electrons. The number of ether oxygens (including phenoxy) is 2. The van der Waals surface area contributed by atoms with Crippen molar-refractivity contribution < 1.29 is 19.1 Å². The number of aromatic nitrogens is 2. The highest BCUT2D eigenvalue weighted by molar-refractivity contribution is 7.99. The summed E-state index contributed by atoms with van der Waals surface area (Å²) in [4.78, 5) is 44.3. The molecule has 2 saturated heterocycles. The number of hydrogen-bond donors (Lipinski definition) is 1. The first-order valence-corrected chi connectivity index (χ1v) is 12.5. The number of benzene rings is 1. The number of nitrogens with one attached hydrogen (secondary N) is 1. The highest BCUT2D eigenvalue weighted by Crippen LogP contribution is 2.27.